The third-order valence-electron chi connectivity index (χ3n) is 4.83. The number of carbonyl (C=O) groups excluding carboxylic acids is 1. The zero-order valence-electron chi connectivity index (χ0n) is 15.0. The molecule has 2 aliphatic rings. The van der Waals surface area contributed by atoms with Crippen molar-refractivity contribution >= 4 is 23.6 Å². The molecule has 1 aromatic carbocycles. The molecule has 1 saturated carbocycles. The van der Waals surface area contributed by atoms with E-state index >= 15 is 0 Å². The van der Waals surface area contributed by atoms with Crippen molar-refractivity contribution in [3.8, 4) is 11.5 Å². The van der Waals surface area contributed by atoms with E-state index in [9.17, 15) is 9.59 Å². The van der Waals surface area contributed by atoms with Crippen LogP contribution < -0.4 is 9.47 Å². The van der Waals surface area contributed by atoms with Gasteiger partial charge in [0.05, 0.1) is 6.61 Å². The van der Waals surface area contributed by atoms with Crippen LogP contribution >= 0.6 is 11.8 Å². The Hall–Kier alpha value is -1.89. The maximum Gasteiger partial charge on any atom is 0.341 e. The van der Waals surface area contributed by atoms with Crippen molar-refractivity contribution in [1.82, 2.24) is 4.90 Å². The molecule has 3 rings (SSSR count). The lowest BCUT2D eigenvalue weighted by Crippen LogP contribution is -2.51. The molecule has 1 saturated heterocycles. The van der Waals surface area contributed by atoms with Gasteiger partial charge in [0.2, 0.25) is 0 Å². The second kappa shape index (κ2) is 8.66. The first kappa shape index (κ1) is 18.9. The predicted octanol–water partition coefficient (Wildman–Crippen LogP) is 3.05. The fourth-order valence-electron chi connectivity index (χ4n) is 3.68. The minimum absolute atomic E-state index is 0.0212. The number of carboxylic acids is 1. The maximum absolute atomic E-state index is 13.1. The highest BCUT2D eigenvalue weighted by molar-refractivity contribution is 8.00. The van der Waals surface area contributed by atoms with Crippen molar-refractivity contribution in [2.75, 3.05) is 25.5 Å². The van der Waals surface area contributed by atoms with Crippen LogP contribution in [0.3, 0.4) is 0 Å². The van der Waals surface area contributed by atoms with Crippen LogP contribution in [-0.2, 0) is 4.79 Å². The van der Waals surface area contributed by atoms with Crippen molar-refractivity contribution in [2.45, 2.75) is 43.9 Å². The molecule has 1 aromatic rings. The number of nitrogens with zero attached hydrogens (tertiary/aromatic N) is 1. The normalized spacial score (nSPS) is 22.4. The Balaban J connectivity index is 1.79. The predicted molar refractivity (Wildman–Crippen MR) is 100 cm³/mol. The van der Waals surface area contributed by atoms with Crippen LogP contribution in [-0.4, -0.2) is 58.7 Å². The molecule has 0 aromatic heterocycles. The number of fused-ring (bicyclic) bond motifs is 1. The molecule has 1 aliphatic heterocycles. The molecule has 1 N–H and O–H groups in total. The molecular weight excluding hydrogens is 354 g/mol. The summed E-state index contributed by atoms with van der Waals surface area (Å²) < 4.78 is 10.8. The second-order valence-corrected chi connectivity index (χ2v) is 7.88. The van der Waals surface area contributed by atoms with E-state index < -0.39 is 12.6 Å². The smallest absolute Gasteiger partial charge is 0.341 e. The van der Waals surface area contributed by atoms with E-state index in [0.717, 1.165) is 18.7 Å². The van der Waals surface area contributed by atoms with Crippen molar-refractivity contribution < 1.29 is 24.2 Å². The van der Waals surface area contributed by atoms with E-state index in [4.69, 9.17) is 14.6 Å². The maximum atomic E-state index is 13.1. The first-order valence-corrected chi connectivity index (χ1v) is 10.2. The summed E-state index contributed by atoms with van der Waals surface area (Å²) in [6.45, 7) is 2.57. The molecule has 0 radical (unpaired) electrons. The number of carboxylic acid groups (broad SMARTS) is 1. The van der Waals surface area contributed by atoms with Gasteiger partial charge < -0.3 is 19.5 Å². The summed E-state index contributed by atoms with van der Waals surface area (Å²) in [6, 6.07) is 5.30. The summed E-state index contributed by atoms with van der Waals surface area (Å²) in [5.74, 6) is 0.696. The molecule has 1 heterocycles. The van der Waals surface area contributed by atoms with Gasteiger partial charge in [0.1, 0.15) is 0 Å². The van der Waals surface area contributed by atoms with Gasteiger partial charge in [0, 0.05) is 29.2 Å². The molecule has 6 nitrogen and oxygen atoms in total. The topological polar surface area (TPSA) is 76.1 Å². The van der Waals surface area contributed by atoms with Gasteiger partial charge in [-0.25, -0.2) is 4.79 Å². The van der Waals surface area contributed by atoms with E-state index in [1.165, 1.54) is 19.3 Å². The molecule has 2 unspecified atom stereocenters. The summed E-state index contributed by atoms with van der Waals surface area (Å²) in [7, 11) is 0. The van der Waals surface area contributed by atoms with Crippen LogP contribution in [0.25, 0.3) is 0 Å². The number of hydrogen-bond donors (Lipinski definition) is 1. The van der Waals surface area contributed by atoms with Gasteiger partial charge >= 0.3 is 5.97 Å². The Kier molecular flexibility index (Phi) is 6.29. The number of benzene rings is 1. The Bertz CT molecular complexity index is 663. The quantitative estimate of drug-likeness (QED) is 0.819. The first-order chi connectivity index (χ1) is 12.6. The highest BCUT2D eigenvalue weighted by Gasteiger charge is 2.36. The number of hydrogen-bond acceptors (Lipinski definition) is 5. The van der Waals surface area contributed by atoms with Gasteiger partial charge in [-0.2, -0.15) is 11.8 Å². The molecule has 1 amide bonds. The highest BCUT2D eigenvalue weighted by atomic mass is 32.2. The molecule has 2 fully saturated rings. The summed E-state index contributed by atoms with van der Waals surface area (Å²) in [5.41, 5.74) is 0.562. The SMILES string of the molecule is CCOc1cc(C(=O)N2CCSC3CCCCC32)ccc1OCC(=O)O. The van der Waals surface area contributed by atoms with Crippen LogP contribution in [0, 0.1) is 0 Å². The summed E-state index contributed by atoms with van der Waals surface area (Å²) >= 11 is 1.99. The molecule has 26 heavy (non-hydrogen) atoms. The van der Waals surface area contributed by atoms with Crippen molar-refractivity contribution in [3.63, 3.8) is 0 Å². The van der Waals surface area contributed by atoms with E-state index in [1.807, 2.05) is 23.6 Å². The van der Waals surface area contributed by atoms with Crippen molar-refractivity contribution in [1.29, 1.82) is 0 Å². The Morgan fingerprint density at radius 3 is 2.81 bits per heavy atom. The number of rotatable bonds is 6. The first-order valence-electron chi connectivity index (χ1n) is 9.14. The number of aliphatic carboxylic acids is 1. The number of carbonyl (C=O) groups is 2. The molecule has 142 valence electrons. The standard InChI is InChI=1S/C19H25NO5S/c1-2-24-16-11-13(7-8-15(16)25-12-18(21)22)19(23)20-9-10-26-17-6-4-3-5-14(17)20/h7-8,11,14,17H,2-6,9-10,12H2,1H3,(H,21,22). The molecule has 1 aliphatic carbocycles. The third kappa shape index (κ3) is 4.26. The average molecular weight is 379 g/mol. The number of ether oxygens (including phenoxy) is 2. The lowest BCUT2D eigenvalue weighted by molar-refractivity contribution is -0.139. The van der Waals surface area contributed by atoms with Gasteiger partial charge in [-0.05, 0) is 38.0 Å². The van der Waals surface area contributed by atoms with E-state index in [-0.39, 0.29) is 5.91 Å². The Labute approximate surface area is 157 Å². The van der Waals surface area contributed by atoms with Gasteiger partial charge in [0.15, 0.2) is 18.1 Å². The van der Waals surface area contributed by atoms with Crippen molar-refractivity contribution in [3.05, 3.63) is 23.8 Å². The second-order valence-electron chi connectivity index (χ2n) is 6.54. The van der Waals surface area contributed by atoms with Crippen LogP contribution in [0.2, 0.25) is 0 Å². The van der Waals surface area contributed by atoms with Crippen molar-refractivity contribution in [2.24, 2.45) is 0 Å². The monoisotopic (exact) mass is 379 g/mol. The lowest BCUT2D eigenvalue weighted by atomic mass is 9.92. The van der Waals surface area contributed by atoms with Gasteiger partial charge in [-0.1, -0.05) is 12.8 Å². The lowest BCUT2D eigenvalue weighted by Gasteiger charge is -2.43. The Morgan fingerprint density at radius 2 is 2.04 bits per heavy atom. The molecule has 0 spiro atoms. The minimum Gasteiger partial charge on any atom is -0.490 e. The van der Waals surface area contributed by atoms with E-state index in [1.54, 1.807) is 18.2 Å². The Morgan fingerprint density at radius 1 is 1.23 bits per heavy atom. The van der Waals surface area contributed by atoms with Gasteiger partial charge in [-0.3, -0.25) is 4.79 Å². The molecule has 0 bridgehead atoms. The van der Waals surface area contributed by atoms with Gasteiger partial charge in [-0.15, -0.1) is 0 Å². The van der Waals surface area contributed by atoms with Crippen LogP contribution in [0.4, 0.5) is 0 Å². The fraction of sp³-hybridized carbons (Fsp3) is 0.579. The zero-order valence-corrected chi connectivity index (χ0v) is 15.8. The van der Waals surface area contributed by atoms with Gasteiger partial charge in [0.25, 0.3) is 5.91 Å². The van der Waals surface area contributed by atoms with E-state index in [2.05, 4.69) is 0 Å². The minimum atomic E-state index is -1.05. The average Bonchev–Trinajstić information content (AvgIpc) is 2.66. The fourth-order valence-corrected chi connectivity index (χ4v) is 5.13. The molecular formula is C19H25NO5S. The van der Waals surface area contributed by atoms with Crippen LogP contribution in [0.15, 0.2) is 18.2 Å². The summed E-state index contributed by atoms with van der Waals surface area (Å²) in [6.07, 6.45) is 4.69. The molecule has 2 atom stereocenters. The number of thioether (sulfide) groups is 1. The highest BCUT2D eigenvalue weighted by Crippen LogP contribution is 2.37. The largest absolute Gasteiger partial charge is 0.490 e. The van der Waals surface area contributed by atoms with Crippen LogP contribution in [0.1, 0.15) is 43.0 Å². The van der Waals surface area contributed by atoms with Crippen LogP contribution in [0.5, 0.6) is 11.5 Å². The molecule has 7 heteroatoms. The summed E-state index contributed by atoms with van der Waals surface area (Å²) in [4.78, 5) is 25.9. The number of amides is 1. The summed E-state index contributed by atoms with van der Waals surface area (Å²) in [5, 5.41) is 9.34. The van der Waals surface area contributed by atoms with E-state index in [0.29, 0.717) is 35.0 Å². The third-order valence-corrected chi connectivity index (χ3v) is 6.23. The zero-order chi connectivity index (χ0) is 18.5.